The van der Waals surface area contributed by atoms with Crippen LogP contribution in [0, 0.1) is 0 Å². The van der Waals surface area contributed by atoms with E-state index in [0.717, 1.165) is 37.5 Å². The molecular formula is C12H21N3O. The van der Waals surface area contributed by atoms with Crippen molar-refractivity contribution in [3.8, 4) is 0 Å². The number of rotatable bonds is 4. The molecule has 1 aromatic rings. The van der Waals surface area contributed by atoms with Crippen LogP contribution in [0.4, 0.5) is 0 Å². The second kappa shape index (κ2) is 5.43. The summed E-state index contributed by atoms with van der Waals surface area (Å²) in [4.78, 5) is 4.51. The lowest BCUT2D eigenvalue weighted by Crippen LogP contribution is -2.27. The molecule has 2 rings (SSSR count). The second-order valence-corrected chi connectivity index (χ2v) is 4.68. The summed E-state index contributed by atoms with van der Waals surface area (Å²) in [6, 6.07) is 0.306. The van der Waals surface area contributed by atoms with Gasteiger partial charge >= 0.3 is 0 Å². The van der Waals surface area contributed by atoms with Gasteiger partial charge in [0.25, 0.3) is 0 Å². The molecule has 2 unspecified atom stereocenters. The lowest BCUT2D eigenvalue weighted by Gasteiger charge is -2.19. The van der Waals surface area contributed by atoms with Crippen molar-refractivity contribution in [1.82, 2.24) is 15.5 Å². The summed E-state index contributed by atoms with van der Waals surface area (Å²) < 4.78 is 5.33. The second-order valence-electron chi connectivity index (χ2n) is 4.68. The van der Waals surface area contributed by atoms with Crippen molar-refractivity contribution in [1.29, 1.82) is 0 Å². The van der Waals surface area contributed by atoms with E-state index in [2.05, 4.69) is 29.3 Å². The van der Waals surface area contributed by atoms with Crippen LogP contribution >= 0.6 is 0 Å². The Hall–Kier alpha value is -0.900. The molecule has 0 amide bonds. The summed E-state index contributed by atoms with van der Waals surface area (Å²) in [5.74, 6) is 2.02. The Morgan fingerprint density at radius 2 is 2.38 bits per heavy atom. The predicted octanol–water partition coefficient (Wildman–Crippen LogP) is 2.79. The van der Waals surface area contributed by atoms with Crippen molar-refractivity contribution < 1.29 is 4.52 Å². The molecule has 0 bridgehead atoms. The van der Waals surface area contributed by atoms with E-state index in [1.54, 1.807) is 0 Å². The van der Waals surface area contributed by atoms with E-state index in [1.165, 1.54) is 12.8 Å². The van der Waals surface area contributed by atoms with Crippen molar-refractivity contribution in [2.75, 3.05) is 6.54 Å². The summed E-state index contributed by atoms with van der Waals surface area (Å²) >= 11 is 0. The van der Waals surface area contributed by atoms with Gasteiger partial charge in [-0.05, 0) is 25.8 Å². The molecule has 1 aliphatic heterocycles. The lowest BCUT2D eigenvalue weighted by molar-refractivity contribution is 0.334. The predicted molar refractivity (Wildman–Crippen MR) is 62.2 cm³/mol. The first-order valence-electron chi connectivity index (χ1n) is 6.38. The van der Waals surface area contributed by atoms with Crippen LogP contribution in [0.15, 0.2) is 4.52 Å². The Kier molecular flexibility index (Phi) is 3.93. The Balaban J connectivity index is 2.00. The number of hydrogen-bond acceptors (Lipinski definition) is 4. The minimum atomic E-state index is 0.306. The number of nitrogens with one attached hydrogen (secondary N) is 1. The molecule has 4 heteroatoms. The molecule has 2 atom stereocenters. The fraction of sp³-hybridized carbons (Fsp3) is 0.833. The van der Waals surface area contributed by atoms with E-state index in [0.29, 0.717) is 12.0 Å². The van der Waals surface area contributed by atoms with Gasteiger partial charge in [-0.15, -0.1) is 0 Å². The topological polar surface area (TPSA) is 51.0 Å². The van der Waals surface area contributed by atoms with E-state index >= 15 is 0 Å². The van der Waals surface area contributed by atoms with Crippen LogP contribution in [0.2, 0.25) is 0 Å². The first-order chi connectivity index (χ1) is 7.81. The maximum absolute atomic E-state index is 5.33. The summed E-state index contributed by atoms with van der Waals surface area (Å²) in [5, 5.41) is 7.53. The summed E-state index contributed by atoms with van der Waals surface area (Å²) in [7, 11) is 0. The third kappa shape index (κ3) is 2.61. The van der Waals surface area contributed by atoms with Crippen molar-refractivity contribution in [2.24, 2.45) is 0 Å². The van der Waals surface area contributed by atoms with Crippen molar-refractivity contribution in [3.63, 3.8) is 0 Å². The number of hydrogen-bond donors (Lipinski definition) is 1. The van der Waals surface area contributed by atoms with Gasteiger partial charge in [0.05, 0.1) is 6.04 Å². The van der Waals surface area contributed by atoms with Crippen molar-refractivity contribution in [3.05, 3.63) is 11.7 Å². The highest BCUT2D eigenvalue weighted by atomic mass is 16.5. The quantitative estimate of drug-likeness (QED) is 0.852. The summed E-state index contributed by atoms with van der Waals surface area (Å²) in [5.41, 5.74) is 0. The molecule has 1 fully saturated rings. The largest absolute Gasteiger partial charge is 0.339 e. The Morgan fingerprint density at radius 1 is 1.50 bits per heavy atom. The first-order valence-corrected chi connectivity index (χ1v) is 6.38. The first kappa shape index (κ1) is 11.6. The maximum Gasteiger partial charge on any atom is 0.229 e. The van der Waals surface area contributed by atoms with Crippen LogP contribution < -0.4 is 5.32 Å². The molecule has 0 radical (unpaired) electrons. The standard InChI is InChI=1S/C12H21N3O/c1-3-6-9(2)12-14-11(15-16-12)10-7-4-5-8-13-10/h9-10,13H,3-8H2,1-2H3. The van der Waals surface area contributed by atoms with Gasteiger partial charge in [-0.3, -0.25) is 0 Å². The van der Waals surface area contributed by atoms with E-state index in [-0.39, 0.29) is 0 Å². The van der Waals surface area contributed by atoms with E-state index in [4.69, 9.17) is 4.52 Å². The summed E-state index contributed by atoms with van der Waals surface area (Å²) in [6.07, 6.45) is 5.90. The van der Waals surface area contributed by atoms with E-state index in [1.807, 2.05) is 0 Å². The average Bonchev–Trinajstić information content (AvgIpc) is 2.80. The highest BCUT2D eigenvalue weighted by Crippen LogP contribution is 2.24. The summed E-state index contributed by atoms with van der Waals surface area (Å²) in [6.45, 7) is 5.39. The number of nitrogens with zero attached hydrogens (tertiary/aromatic N) is 2. The lowest BCUT2D eigenvalue weighted by atomic mass is 10.0. The molecule has 1 N–H and O–H groups in total. The monoisotopic (exact) mass is 223 g/mol. The van der Waals surface area contributed by atoms with Crippen LogP contribution in [0.3, 0.4) is 0 Å². The molecule has 0 spiro atoms. The van der Waals surface area contributed by atoms with Gasteiger partial charge in [-0.2, -0.15) is 4.98 Å². The van der Waals surface area contributed by atoms with Crippen molar-refractivity contribution in [2.45, 2.75) is 57.9 Å². The van der Waals surface area contributed by atoms with Crippen LogP contribution in [0.5, 0.6) is 0 Å². The zero-order valence-electron chi connectivity index (χ0n) is 10.2. The zero-order chi connectivity index (χ0) is 11.4. The van der Waals surface area contributed by atoms with Gasteiger partial charge in [0, 0.05) is 5.92 Å². The smallest absolute Gasteiger partial charge is 0.229 e. The highest BCUT2D eigenvalue weighted by molar-refractivity contribution is 4.98. The SMILES string of the molecule is CCCC(C)c1nc(C2CCCCN2)no1. The Labute approximate surface area is 96.8 Å². The molecule has 16 heavy (non-hydrogen) atoms. The highest BCUT2D eigenvalue weighted by Gasteiger charge is 2.21. The zero-order valence-corrected chi connectivity index (χ0v) is 10.2. The molecule has 0 saturated carbocycles. The molecule has 1 saturated heterocycles. The fourth-order valence-electron chi connectivity index (χ4n) is 2.22. The Morgan fingerprint density at radius 3 is 3.06 bits per heavy atom. The molecule has 0 aromatic carbocycles. The molecule has 1 aromatic heterocycles. The minimum Gasteiger partial charge on any atom is -0.339 e. The van der Waals surface area contributed by atoms with E-state index < -0.39 is 0 Å². The third-order valence-corrected chi connectivity index (χ3v) is 3.22. The number of aromatic nitrogens is 2. The van der Waals surface area contributed by atoms with Gasteiger partial charge in [0.2, 0.25) is 5.89 Å². The average molecular weight is 223 g/mol. The maximum atomic E-state index is 5.33. The van der Waals surface area contributed by atoms with Gasteiger partial charge < -0.3 is 9.84 Å². The van der Waals surface area contributed by atoms with Gasteiger partial charge in [-0.1, -0.05) is 31.8 Å². The van der Waals surface area contributed by atoms with Crippen LogP contribution in [-0.2, 0) is 0 Å². The molecule has 2 heterocycles. The fourth-order valence-corrected chi connectivity index (χ4v) is 2.22. The number of piperidine rings is 1. The molecular weight excluding hydrogens is 202 g/mol. The molecule has 1 aliphatic rings. The van der Waals surface area contributed by atoms with Crippen LogP contribution in [0.25, 0.3) is 0 Å². The van der Waals surface area contributed by atoms with Crippen molar-refractivity contribution >= 4 is 0 Å². The van der Waals surface area contributed by atoms with E-state index in [9.17, 15) is 0 Å². The van der Waals surface area contributed by atoms with Gasteiger partial charge in [-0.25, -0.2) is 0 Å². The minimum absolute atomic E-state index is 0.306. The molecule has 4 nitrogen and oxygen atoms in total. The molecule has 0 aliphatic carbocycles. The van der Waals surface area contributed by atoms with Gasteiger partial charge in [0.15, 0.2) is 5.82 Å². The third-order valence-electron chi connectivity index (χ3n) is 3.22. The molecule has 90 valence electrons. The Bertz CT molecular complexity index is 318. The van der Waals surface area contributed by atoms with Crippen LogP contribution in [-0.4, -0.2) is 16.7 Å². The van der Waals surface area contributed by atoms with Gasteiger partial charge in [0.1, 0.15) is 0 Å². The normalized spacial score (nSPS) is 23.2. The van der Waals surface area contributed by atoms with Crippen LogP contribution in [0.1, 0.15) is 69.6 Å².